The topological polar surface area (TPSA) is 55.8 Å². The molecule has 0 atom stereocenters. The van der Waals surface area contributed by atoms with Gasteiger partial charge in [0.05, 0.1) is 0 Å². The van der Waals surface area contributed by atoms with Gasteiger partial charge in [-0.25, -0.2) is 4.79 Å². The Balaban J connectivity index is 2.55. The van der Waals surface area contributed by atoms with Gasteiger partial charge in [-0.15, -0.1) is 11.3 Å². The quantitative estimate of drug-likeness (QED) is 0.832. The highest BCUT2D eigenvalue weighted by Gasteiger charge is 2.18. The Bertz CT molecular complexity index is 518. The molecule has 0 aliphatic carbocycles. The van der Waals surface area contributed by atoms with Crippen LogP contribution in [0.1, 0.15) is 9.67 Å². The number of methoxy groups -OCH3 is 1. The largest absolute Gasteiger partial charge is 0.477 e. The summed E-state index contributed by atoms with van der Waals surface area (Å²) >= 11 is 1.20. The van der Waals surface area contributed by atoms with Gasteiger partial charge in [-0.05, 0) is 12.1 Å². The maximum atomic E-state index is 11.0. The minimum Gasteiger partial charge on any atom is -0.477 e. The fraction of sp³-hybridized carbons (Fsp3) is 0.182. The number of benzene rings is 1. The molecule has 1 heterocycles. The van der Waals surface area contributed by atoms with Crippen molar-refractivity contribution < 1.29 is 19.4 Å². The zero-order valence-corrected chi connectivity index (χ0v) is 9.41. The molecule has 0 spiro atoms. The molecular weight excluding hydrogens is 228 g/mol. The number of hydrogen-bond donors (Lipinski definition) is 1. The van der Waals surface area contributed by atoms with E-state index in [1.54, 1.807) is 0 Å². The van der Waals surface area contributed by atoms with Crippen LogP contribution in [0.25, 0.3) is 10.1 Å². The van der Waals surface area contributed by atoms with Crippen molar-refractivity contribution in [3.63, 3.8) is 0 Å². The summed E-state index contributed by atoms with van der Waals surface area (Å²) in [7, 11) is 1.50. The summed E-state index contributed by atoms with van der Waals surface area (Å²) in [6.45, 7) is 0.0427. The van der Waals surface area contributed by atoms with E-state index < -0.39 is 5.97 Å². The molecule has 4 nitrogen and oxygen atoms in total. The summed E-state index contributed by atoms with van der Waals surface area (Å²) in [5, 5.41) is 9.86. The summed E-state index contributed by atoms with van der Waals surface area (Å²) in [5.41, 5.74) is 0. The molecule has 2 rings (SSSR count). The molecule has 0 radical (unpaired) electrons. The number of hydrogen-bond acceptors (Lipinski definition) is 4. The van der Waals surface area contributed by atoms with Crippen LogP contribution in [0.15, 0.2) is 24.3 Å². The van der Waals surface area contributed by atoms with E-state index >= 15 is 0 Å². The maximum absolute atomic E-state index is 11.0. The van der Waals surface area contributed by atoms with Gasteiger partial charge < -0.3 is 14.6 Å². The lowest BCUT2D eigenvalue weighted by molar-refractivity contribution is 0.0500. The summed E-state index contributed by atoms with van der Waals surface area (Å²) in [4.78, 5) is 11.3. The number of ether oxygens (including phenoxy) is 2. The zero-order valence-electron chi connectivity index (χ0n) is 8.60. The zero-order chi connectivity index (χ0) is 11.5. The molecule has 1 N–H and O–H groups in total. The summed E-state index contributed by atoms with van der Waals surface area (Å²) in [6.07, 6.45) is 0. The Morgan fingerprint density at radius 3 is 2.88 bits per heavy atom. The fourth-order valence-electron chi connectivity index (χ4n) is 1.42. The Morgan fingerprint density at radius 1 is 1.44 bits per heavy atom. The minimum atomic E-state index is -0.979. The van der Waals surface area contributed by atoms with E-state index in [1.165, 1.54) is 18.4 Å². The third-order valence-corrected chi connectivity index (χ3v) is 3.21. The summed E-state index contributed by atoms with van der Waals surface area (Å²) < 4.78 is 11.0. The third kappa shape index (κ3) is 1.87. The summed E-state index contributed by atoms with van der Waals surface area (Å²) in [5.74, 6) is -0.595. The lowest BCUT2D eigenvalue weighted by Gasteiger charge is -2.04. The SMILES string of the molecule is COCOc1c(C(=O)O)sc2ccccc12. The van der Waals surface area contributed by atoms with E-state index in [0.717, 1.165) is 10.1 Å². The number of carbonyl (C=O) groups is 1. The smallest absolute Gasteiger partial charge is 0.349 e. The average Bonchev–Trinajstić information content (AvgIpc) is 2.65. The van der Waals surface area contributed by atoms with Crippen molar-refractivity contribution in [1.29, 1.82) is 0 Å². The Kier molecular flexibility index (Phi) is 3.07. The molecule has 0 unspecified atom stereocenters. The lowest BCUT2D eigenvalue weighted by Crippen LogP contribution is -2.02. The first-order valence-corrected chi connectivity index (χ1v) is 5.42. The molecule has 1 aromatic carbocycles. The maximum Gasteiger partial charge on any atom is 0.349 e. The molecule has 2 aromatic rings. The van der Waals surface area contributed by atoms with Gasteiger partial charge in [0.2, 0.25) is 0 Å². The van der Waals surface area contributed by atoms with Crippen molar-refractivity contribution in [2.45, 2.75) is 0 Å². The third-order valence-electron chi connectivity index (χ3n) is 2.07. The standard InChI is InChI=1S/C11H10O4S/c1-14-6-15-9-7-4-2-3-5-8(7)16-10(9)11(12)13/h2-5H,6H2,1H3,(H,12,13). The summed E-state index contributed by atoms with van der Waals surface area (Å²) in [6, 6.07) is 7.42. The van der Waals surface area contributed by atoms with Gasteiger partial charge in [-0.2, -0.15) is 0 Å². The lowest BCUT2D eigenvalue weighted by atomic mass is 10.2. The molecule has 0 amide bonds. The van der Waals surface area contributed by atoms with E-state index in [4.69, 9.17) is 14.6 Å². The van der Waals surface area contributed by atoms with Crippen molar-refractivity contribution in [2.75, 3.05) is 13.9 Å². The highest BCUT2D eigenvalue weighted by atomic mass is 32.1. The molecule has 0 bridgehead atoms. The number of carboxylic acids is 1. The molecule has 16 heavy (non-hydrogen) atoms. The highest BCUT2D eigenvalue weighted by molar-refractivity contribution is 7.21. The molecule has 0 aliphatic rings. The number of fused-ring (bicyclic) bond motifs is 1. The fourth-order valence-corrected chi connectivity index (χ4v) is 2.41. The van der Waals surface area contributed by atoms with Crippen LogP contribution < -0.4 is 4.74 Å². The van der Waals surface area contributed by atoms with Crippen molar-refractivity contribution in [1.82, 2.24) is 0 Å². The van der Waals surface area contributed by atoms with Gasteiger partial charge in [0, 0.05) is 17.2 Å². The van der Waals surface area contributed by atoms with Crippen LogP contribution in [0.4, 0.5) is 0 Å². The molecule has 0 saturated heterocycles. The van der Waals surface area contributed by atoms with Gasteiger partial charge in [0.15, 0.2) is 17.4 Å². The number of carboxylic acid groups (broad SMARTS) is 1. The molecule has 0 saturated carbocycles. The van der Waals surface area contributed by atoms with Crippen LogP contribution in [0.5, 0.6) is 5.75 Å². The van der Waals surface area contributed by atoms with E-state index in [-0.39, 0.29) is 11.7 Å². The first-order chi connectivity index (χ1) is 7.74. The predicted molar refractivity (Wildman–Crippen MR) is 61.3 cm³/mol. The van der Waals surface area contributed by atoms with E-state index in [2.05, 4.69) is 0 Å². The van der Waals surface area contributed by atoms with E-state index in [9.17, 15) is 4.79 Å². The number of rotatable bonds is 4. The van der Waals surface area contributed by atoms with E-state index in [1.807, 2.05) is 24.3 Å². The van der Waals surface area contributed by atoms with Gasteiger partial charge in [0.1, 0.15) is 0 Å². The minimum absolute atomic E-state index is 0.0427. The number of thiophene rings is 1. The first-order valence-electron chi connectivity index (χ1n) is 4.60. The van der Waals surface area contributed by atoms with Crippen molar-refractivity contribution in [3.05, 3.63) is 29.1 Å². The van der Waals surface area contributed by atoms with Gasteiger partial charge in [0.25, 0.3) is 0 Å². The monoisotopic (exact) mass is 238 g/mol. The van der Waals surface area contributed by atoms with Gasteiger partial charge in [-0.3, -0.25) is 0 Å². The highest BCUT2D eigenvalue weighted by Crippen LogP contribution is 2.37. The number of aromatic carboxylic acids is 1. The van der Waals surface area contributed by atoms with Crippen LogP contribution in [-0.2, 0) is 4.74 Å². The molecule has 0 fully saturated rings. The van der Waals surface area contributed by atoms with Crippen LogP contribution in [0.2, 0.25) is 0 Å². The van der Waals surface area contributed by atoms with E-state index in [0.29, 0.717) is 5.75 Å². The molecular formula is C11H10O4S. The van der Waals surface area contributed by atoms with Crippen molar-refractivity contribution in [2.24, 2.45) is 0 Å². The van der Waals surface area contributed by atoms with Crippen LogP contribution in [0.3, 0.4) is 0 Å². The second-order valence-electron chi connectivity index (χ2n) is 3.11. The second-order valence-corrected chi connectivity index (χ2v) is 4.16. The average molecular weight is 238 g/mol. The van der Waals surface area contributed by atoms with Crippen LogP contribution >= 0.6 is 11.3 Å². The van der Waals surface area contributed by atoms with Gasteiger partial charge >= 0.3 is 5.97 Å². The normalized spacial score (nSPS) is 10.6. The molecule has 5 heteroatoms. The van der Waals surface area contributed by atoms with Crippen molar-refractivity contribution >= 4 is 27.4 Å². The predicted octanol–water partition coefficient (Wildman–Crippen LogP) is 2.58. The Hall–Kier alpha value is -1.59. The van der Waals surface area contributed by atoms with Crippen LogP contribution in [-0.4, -0.2) is 25.0 Å². The second kappa shape index (κ2) is 4.51. The Morgan fingerprint density at radius 2 is 2.19 bits per heavy atom. The molecule has 1 aromatic heterocycles. The molecule has 84 valence electrons. The van der Waals surface area contributed by atoms with Crippen LogP contribution in [0, 0.1) is 0 Å². The first kappa shape index (κ1) is 10.9. The Labute approximate surface area is 96.0 Å². The van der Waals surface area contributed by atoms with Gasteiger partial charge in [-0.1, -0.05) is 12.1 Å². The molecule has 0 aliphatic heterocycles. The van der Waals surface area contributed by atoms with Crippen molar-refractivity contribution in [3.8, 4) is 5.75 Å².